The topological polar surface area (TPSA) is 118 Å². The number of piperidine rings is 1. The quantitative estimate of drug-likeness (QED) is 0.301. The second-order valence-electron chi connectivity index (χ2n) is 11.9. The molecule has 0 spiro atoms. The first-order valence-electron chi connectivity index (χ1n) is 13.5. The van der Waals surface area contributed by atoms with E-state index in [1.54, 1.807) is 29.1 Å². The molecule has 206 valence electrons. The van der Waals surface area contributed by atoms with E-state index in [0.717, 1.165) is 44.8 Å². The summed E-state index contributed by atoms with van der Waals surface area (Å²) >= 11 is 1.68. The van der Waals surface area contributed by atoms with E-state index in [1.165, 1.54) is 6.42 Å². The van der Waals surface area contributed by atoms with Crippen molar-refractivity contribution < 1.29 is 24.5 Å². The van der Waals surface area contributed by atoms with Gasteiger partial charge >= 0.3 is 6.09 Å². The Morgan fingerprint density at radius 2 is 1.95 bits per heavy atom. The summed E-state index contributed by atoms with van der Waals surface area (Å²) in [5.74, 6) is 1.33. The standard InChI is InChI=1S/C28H38N4O5S/c1-17-13-19(17)16-38-25-30-15-22-23(31-25)21(18-5-9-28(34,35)10-6-18)14-29-24(22)36-20-7-11-32(12-8-20)26(33)37-27(2,3)4/h5,14-15,17,19-20,34-35H,6-13,16H2,1-4H3/t17?,19-/m1/s1. The van der Waals surface area contributed by atoms with Crippen molar-refractivity contribution in [1.29, 1.82) is 0 Å². The second-order valence-corrected chi connectivity index (χ2v) is 12.9. The maximum atomic E-state index is 12.4. The van der Waals surface area contributed by atoms with E-state index < -0.39 is 11.4 Å². The Kier molecular flexibility index (Phi) is 7.59. The minimum atomic E-state index is -1.67. The number of aliphatic hydroxyl groups is 2. The van der Waals surface area contributed by atoms with Crippen molar-refractivity contribution in [2.24, 2.45) is 11.8 Å². The molecule has 2 atom stereocenters. The first-order chi connectivity index (χ1) is 18.0. The van der Waals surface area contributed by atoms with Gasteiger partial charge in [0.1, 0.15) is 11.7 Å². The van der Waals surface area contributed by atoms with Crippen LogP contribution in [0.1, 0.15) is 71.8 Å². The number of carbonyl (C=O) groups excluding carboxylic acids is 1. The molecule has 1 unspecified atom stereocenters. The van der Waals surface area contributed by atoms with Gasteiger partial charge in [-0.3, -0.25) is 0 Å². The van der Waals surface area contributed by atoms with E-state index >= 15 is 0 Å². The molecule has 2 aromatic rings. The van der Waals surface area contributed by atoms with Crippen LogP contribution in [0, 0.1) is 11.8 Å². The van der Waals surface area contributed by atoms with Gasteiger partial charge in [0.15, 0.2) is 10.9 Å². The fraction of sp³-hybridized carbons (Fsp3) is 0.643. The monoisotopic (exact) mass is 542 g/mol. The van der Waals surface area contributed by atoms with Crippen LogP contribution < -0.4 is 4.74 Å². The molecule has 0 aromatic carbocycles. The number of thioether (sulfide) groups is 1. The normalized spacial score (nSPS) is 23.7. The van der Waals surface area contributed by atoms with E-state index in [1.807, 2.05) is 26.8 Å². The molecule has 2 N–H and O–H groups in total. The third-order valence-corrected chi connectivity index (χ3v) is 8.50. The van der Waals surface area contributed by atoms with Crippen molar-refractivity contribution in [2.45, 2.75) is 88.9 Å². The van der Waals surface area contributed by atoms with Gasteiger partial charge in [-0.1, -0.05) is 24.8 Å². The van der Waals surface area contributed by atoms with Gasteiger partial charge in [0.25, 0.3) is 0 Å². The van der Waals surface area contributed by atoms with Gasteiger partial charge in [0.05, 0.1) is 10.9 Å². The number of rotatable bonds is 6. The van der Waals surface area contributed by atoms with Crippen LogP contribution >= 0.6 is 11.8 Å². The molecule has 3 heterocycles. The Balaban J connectivity index is 1.35. The van der Waals surface area contributed by atoms with Crippen molar-refractivity contribution in [2.75, 3.05) is 18.8 Å². The molecule has 3 aliphatic rings. The molecule has 0 bridgehead atoms. The van der Waals surface area contributed by atoms with Gasteiger partial charge < -0.3 is 24.6 Å². The Hall–Kier alpha value is -2.43. The van der Waals surface area contributed by atoms with Crippen LogP contribution in [0.2, 0.25) is 0 Å². The molecule has 9 nitrogen and oxygen atoms in total. The number of amides is 1. The molecule has 1 saturated carbocycles. The number of ether oxygens (including phenoxy) is 2. The third kappa shape index (κ3) is 6.58. The SMILES string of the molecule is CC1C[C@@H]1CSc1ncc2c(OC3CCN(C(=O)OC(C)(C)C)CC3)ncc(C3=CCC(O)(O)CC3)c2n1. The number of hydrogen-bond acceptors (Lipinski definition) is 9. The van der Waals surface area contributed by atoms with Crippen LogP contribution in [-0.4, -0.2) is 72.5 Å². The number of nitrogens with zero attached hydrogens (tertiary/aromatic N) is 4. The number of allylic oxidation sites excluding steroid dienone is 1. The highest BCUT2D eigenvalue weighted by molar-refractivity contribution is 7.99. The minimum absolute atomic E-state index is 0.0843. The van der Waals surface area contributed by atoms with Crippen LogP contribution in [0.15, 0.2) is 23.6 Å². The van der Waals surface area contributed by atoms with Crippen molar-refractivity contribution >= 4 is 34.3 Å². The third-order valence-electron chi connectivity index (χ3n) is 7.45. The summed E-state index contributed by atoms with van der Waals surface area (Å²) in [6.07, 6.45) is 8.66. The zero-order valence-electron chi connectivity index (χ0n) is 22.6. The van der Waals surface area contributed by atoms with Crippen LogP contribution in [0.3, 0.4) is 0 Å². The molecule has 10 heteroatoms. The van der Waals surface area contributed by atoms with Crippen molar-refractivity contribution in [1.82, 2.24) is 19.9 Å². The first kappa shape index (κ1) is 27.1. The average Bonchev–Trinajstić information content (AvgIpc) is 3.57. The predicted molar refractivity (Wildman–Crippen MR) is 146 cm³/mol. The van der Waals surface area contributed by atoms with Crippen LogP contribution in [0.5, 0.6) is 5.88 Å². The van der Waals surface area contributed by atoms with Gasteiger partial charge in [-0.05, 0) is 51.0 Å². The van der Waals surface area contributed by atoms with Gasteiger partial charge in [0, 0.05) is 62.5 Å². The van der Waals surface area contributed by atoms with Crippen LogP contribution in [-0.2, 0) is 4.74 Å². The lowest BCUT2D eigenvalue weighted by molar-refractivity contribution is -0.163. The first-order valence-corrected chi connectivity index (χ1v) is 14.5. The average molecular weight is 543 g/mol. The number of hydrogen-bond donors (Lipinski definition) is 2. The van der Waals surface area contributed by atoms with Crippen molar-refractivity contribution in [3.05, 3.63) is 24.0 Å². The summed E-state index contributed by atoms with van der Waals surface area (Å²) in [7, 11) is 0. The number of aromatic nitrogens is 3. The fourth-order valence-corrected chi connectivity index (χ4v) is 6.01. The molecule has 0 radical (unpaired) electrons. The van der Waals surface area contributed by atoms with E-state index in [4.69, 9.17) is 14.5 Å². The highest BCUT2D eigenvalue weighted by Crippen LogP contribution is 2.42. The number of fused-ring (bicyclic) bond motifs is 1. The van der Waals surface area contributed by atoms with E-state index in [0.29, 0.717) is 38.2 Å². The summed E-state index contributed by atoms with van der Waals surface area (Å²) in [4.78, 5) is 28.4. The fourth-order valence-electron chi connectivity index (χ4n) is 4.90. The molecule has 2 fully saturated rings. The summed E-state index contributed by atoms with van der Waals surface area (Å²) in [5, 5.41) is 21.5. The molecule has 1 amide bonds. The zero-order valence-corrected chi connectivity index (χ0v) is 23.5. The summed E-state index contributed by atoms with van der Waals surface area (Å²) in [6.45, 7) is 9.00. The largest absolute Gasteiger partial charge is 0.474 e. The number of pyridine rings is 1. The predicted octanol–water partition coefficient (Wildman–Crippen LogP) is 4.80. The smallest absolute Gasteiger partial charge is 0.410 e. The second kappa shape index (κ2) is 10.6. The summed E-state index contributed by atoms with van der Waals surface area (Å²) in [5.41, 5.74) is 2.14. The molecule has 38 heavy (non-hydrogen) atoms. The lowest BCUT2D eigenvalue weighted by Crippen LogP contribution is -2.44. The van der Waals surface area contributed by atoms with Crippen molar-refractivity contribution in [3.63, 3.8) is 0 Å². The molecule has 2 aromatic heterocycles. The minimum Gasteiger partial charge on any atom is -0.474 e. The Morgan fingerprint density at radius 1 is 1.21 bits per heavy atom. The lowest BCUT2D eigenvalue weighted by atomic mass is 9.90. The molecule has 5 rings (SSSR count). The summed E-state index contributed by atoms with van der Waals surface area (Å²) < 4.78 is 11.9. The Bertz CT molecular complexity index is 1220. The lowest BCUT2D eigenvalue weighted by Gasteiger charge is -2.33. The highest BCUT2D eigenvalue weighted by Gasteiger charge is 2.33. The van der Waals surface area contributed by atoms with Gasteiger partial charge in [-0.15, -0.1) is 0 Å². The molecular formula is C28H38N4O5S. The molecule has 2 aliphatic carbocycles. The zero-order chi connectivity index (χ0) is 27.1. The van der Waals surface area contributed by atoms with E-state index in [2.05, 4.69) is 16.9 Å². The van der Waals surface area contributed by atoms with Gasteiger partial charge in [-0.2, -0.15) is 0 Å². The van der Waals surface area contributed by atoms with Gasteiger partial charge in [0.2, 0.25) is 5.88 Å². The Labute approximate surface area is 228 Å². The van der Waals surface area contributed by atoms with E-state index in [9.17, 15) is 15.0 Å². The molecular weight excluding hydrogens is 504 g/mol. The molecule has 1 aliphatic heterocycles. The van der Waals surface area contributed by atoms with Crippen LogP contribution in [0.25, 0.3) is 16.5 Å². The van der Waals surface area contributed by atoms with Gasteiger partial charge in [-0.25, -0.2) is 19.7 Å². The summed E-state index contributed by atoms with van der Waals surface area (Å²) in [6, 6.07) is 0. The molecule has 1 saturated heterocycles. The Morgan fingerprint density at radius 3 is 2.58 bits per heavy atom. The van der Waals surface area contributed by atoms with Crippen LogP contribution in [0.4, 0.5) is 4.79 Å². The number of carbonyl (C=O) groups is 1. The maximum absolute atomic E-state index is 12.4. The van der Waals surface area contributed by atoms with Crippen molar-refractivity contribution in [3.8, 4) is 5.88 Å². The van der Waals surface area contributed by atoms with E-state index in [-0.39, 0.29) is 25.0 Å². The number of likely N-dealkylation sites (tertiary alicyclic amines) is 1. The highest BCUT2D eigenvalue weighted by atomic mass is 32.2. The maximum Gasteiger partial charge on any atom is 0.410 e.